The lowest BCUT2D eigenvalue weighted by molar-refractivity contribution is -0.191. The van der Waals surface area contributed by atoms with Crippen LogP contribution in [-0.4, -0.2) is 64.4 Å². The molecule has 7 heteroatoms. The van der Waals surface area contributed by atoms with Crippen LogP contribution in [0.25, 0.3) is 0 Å². The van der Waals surface area contributed by atoms with E-state index in [2.05, 4.69) is 17.2 Å². The fourth-order valence-corrected chi connectivity index (χ4v) is 3.94. The number of amidine groups is 1. The van der Waals surface area contributed by atoms with E-state index in [-0.39, 0.29) is 0 Å². The lowest BCUT2D eigenvalue weighted by atomic mass is 9.83. The molecule has 1 saturated carbocycles. The molecule has 29 heavy (non-hydrogen) atoms. The molecule has 1 aliphatic heterocycles. The summed E-state index contributed by atoms with van der Waals surface area (Å²) in [4.78, 5) is 4.46. The number of benzene rings is 1. The van der Waals surface area contributed by atoms with Gasteiger partial charge in [0.2, 0.25) is 0 Å². The summed E-state index contributed by atoms with van der Waals surface area (Å²) in [6, 6.07) is 9.50. The molecule has 3 rings (SSSR count). The van der Waals surface area contributed by atoms with Crippen LogP contribution >= 0.6 is 0 Å². The number of aliphatic imine (C=N–C) groups is 1. The molecule has 1 heterocycles. The van der Waals surface area contributed by atoms with E-state index in [4.69, 9.17) is 9.47 Å². The Hall–Kier alpha value is -1.67. The summed E-state index contributed by atoms with van der Waals surface area (Å²) < 4.78 is 11.7. The molecule has 1 aromatic carbocycles. The predicted molar refractivity (Wildman–Crippen MR) is 111 cm³/mol. The van der Waals surface area contributed by atoms with Crippen molar-refractivity contribution in [2.24, 2.45) is 4.99 Å². The molecule has 2 fully saturated rings. The van der Waals surface area contributed by atoms with Crippen molar-refractivity contribution in [3.8, 4) is 0 Å². The molecule has 4 N–H and O–H groups in total. The average Bonchev–Trinajstić information content (AvgIpc) is 3.16. The Kier molecular flexibility index (Phi) is 8.29. The van der Waals surface area contributed by atoms with Crippen molar-refractivity contribution in [3.63, 3.8) is 0 Å². The molecule has 0 aromatic heterocycles. The highest BCUT2D eigenvalue weighted by Gasteiger charge is 2.55. The highest BCUT2D eigenvalue weighted by molar-refractivity contribution is 5.76. The van der Waals surface area contributed by atoms with Crippen molar-refractivity contribution in [3.05, 3.63) is 35.9 Å². The second kappa shape index (κ2) is 10.9. The smallest absolute Gasteiger partial charge is 0.285 e. The number of fused-ring (bicyclic) bond motifs is 1. The number of aliphatic hydroxyl groups excluding tert-OH is 3. The molecule has 7 nitrogen and oxygen atoms in total. The largest absolute Gasteiger partial charge is 0.457 e. The molecule has 0 radical (unpaired) electrons. The van der Waals surface area contributed by atoms with Crippen LogP contribution in [0.15, 0.2) is 35.3 Å². The van der Waals surface area contributed by atoms with Crippen LogP contribution in [0.1, 0.15) is 51.0 Å². The minimum absolute atomic E-state index is 0.292. The Morgan fingerprint density at radius 3 is 2.45 bits per heavy atom. The van der Waals surface area contributed by atoms with Gasteiger partial charge in [-0.15, -0.1) is 0 Å². The number of nitrogens with zero attached hydrogens (tertiary/aromatic N) is 1. The summed E-state index contributed by atoms with van der Waals surface area (Å²) >= 11 is 0. The van der Waals surface area contributed by atoms with Crippen molar-refractivity contribution in [1.29, 1.82) is 0 Å². The summed E-state index contributed by atoms with van der Waals surface area (Å²) in [5.74, 6) is 0. The molecule has 162 valence electrons. The Bertz CT molecular complexity index is 641. The predicted octanol–water partition coefficient (Wildman–Crippen LogP) is 1.74. The summed E-state index contributed by atoms with van der Waals surface area (Å²) in [6.45, 7) is 3.14. The van der Waals surface area contributed by atoms with Crippen LogP contribution in [0.4, 0.5) is 0 Å². The van der Waals surface area contributed by atoms with Crippen molar-refractivity contribution in [1.82, 2.24) is 5.32 Å². The van der Waals surface area contributed by atoms with Crippen LogP contribution < -0.4 is 5.32 Å². The first-order valence-corrected chi connectivity index (χ1v) is 10.8. The van der Waals surface area contributed by atoms with Crippen molar-refractivity contribution >= 4 is 6.02 Å². The zero-order valence-corrected chi connectivity index (χ0v) is 17.1. The number of unbranched alkanes of at least 4 members (excludes halogenated alkanes) is 5. The maximum Gasteiger partial charge on any atom is 0.285 e. The van der Waals surface area contributed by atoms with E-state index in [9.17, 15) is 15.3 Å². The van der Waals surface area contributed by atoms with Gasteiger partial charge in [-0.2, -0.15) is 0 Å². The first-order chi connectivity index (χ1) is 14.1. The number of ether oxygens (including phenoxy) is 2. The molecular formula is C22H34N2O5. The molecule has 1 aliphatic carbocycles. The van der Waals surface area contributed by atoms with Gasteiger partial charge in [-0.1, -0.05) is 69.4 Å². The van der Waals surface area contributed by atoms with Gasteiger partial charge in [0, 0.05) is 6.54 Å². The molecule has 6 atom stereocenters. The van der Waals surface area contributed by atoms with Gasteiger partial charge in [-0.25, -0.2) is 4.99 Å². The van der Waals surface area contributed by atoms with E-state index >= 15 is 0 Å². The fourth-order valence-electron chi connectivity index (χ4n) is 3.94. The normalized spacial score (nSPS) is 32.6. The van der Waals surface area contributed by atoms with Crippen LogP contribution in [-0.2, 0) is 16.1 Å². The van der Waals surface area contributed by atoms with E-state index in [1.807, 2.05) is 30.3 Å². The molecule has 0 bridgehead atoms. The number of hydrogen-bond donors (Lipinski definition) is 4. The SMILES string of the molecule is CCCCCCCCN=C1NC2C(OCc3ccccc3)C(O)C(O)C(O)C2O1. The van der Waals surface area contributed by atoms with Crippen molar-refractivity contribution in [2.75, 3.05) is 6.54 Å². The fraction of sp³-hybridized carbons (Fsp3) is 0.682. The maximum absolute atomic E-state index is 10.5. The number of rotatable bonds is 10. The lowest BCUT2D eigenvalue weighted by Crippen LogP contribution is -2.65. The minimum Gasteiger partial charge on any atom is -0.457 e. The quantitative estimate of drug-likeness (QED) is 0.442. The van der Waals surface area contributed by atoms with Gasteiger partial charge in [0.05, 0.1) is 12.6 Å². The summed E-state index contributed by atoms with van der Waals surface area (Å²) in [6.07, 6.45) is 1.90. The Balaban J connectivity index is 1.56. The zero-order valence-electron chi connectivity index (χ0n) is 17.1. The molecule has 0 amide bonds. The van der Waals surface area contributed by atoms with Gasteiger partial charge in [0.25, 0.3) is 6.02 Å². The third-order valence-corrected chi connectivity index (χ3v) is 5.67. The topological polar surface area (TPSA) is 104 Å². The number of nitrogens with one attached hydrogen (secondary N) is 1. The van der Waals surface area contributed by atoms with E-state index in [0.717, 1.165) is 18.4 Å². The van der Waals surface area contributed by atoms with Gasteiger partial charge in [-0.3, -0.25) is 0 Å². The van der Waals surface area contributed by atoms with Crippen LogP contribution in [0.5, 0.6) is 0 Å². The first kappa shape index (κ1) is 22.0. The second-order valence-corrected chi connectivity index (χ2v) is 7.94. The molecular weight excluding hydrogens is 372 g/mol. The Labute approximate surface area is 172 Å². The highest BCUT2D eigenvalue weighted by Crippen LogP contribution is 2.30. The molecule has 1 aromatic rings. The summed E-state index contributed by atoms with van der Waals surface area (Å²) in [5.41, 5.74) is 0.966. The standard InChI is InChI=1S/C22H34N2O5/c1-2-3-4-5-6-10-13-23-22-24-16-20(28-14-15-11-8-7-9-12-15)18(26)17(25)19(27)21(16)29-22/h7-9,11-12,16-21,25-27H,2-6,10,13-14H2,1H3,(H,23,24). The second-order valence-electron chi connectivity index (χ2n) is 7.94. The Morgan fingerprint density at radius 2 is 1.69 bits per heavy atom. The highest BCUT2D eigenvalue weighted by atomic mass is 16.6. The molecule has 6 unspecified atom stereocenters. The Morgan fingerprint density at radius 1 is 0.966 bits per heavy atom. The zero-order chi connectivity index (χ0) is 20.6. The van der Waals surface area contributed by atoms with Gasteiger partial charge in [0.1, 0.15) is 24.4 Å². The van der Waals surface area contributed by atoms with E-state index in [0.29, 0.717) is 19.2 Å². The van der Waals surface area contributed by atoms with Gasteiger partial charge in [-0.05, 0) is 12.0 Å². The van der Waals surface area contributed by atoms with Gasteiger partial charge < -0.3 is 30.1 Å². The third-order valence-electron chi connectivity index (χ3n) is 5.67. The first-order valence-electron chi connectivity index (χ1n) is 10.8. The van der Waals surface area contributed by atoms with Crippen molar-refractivity contribution in [2.45, 2.75) is 88.6 Å². The molecule has 2 aliphatic rings. The van der Waals surface area contributed by atoms with Crippen LogP contribution in [0.2, 0.25) is 0 Å². The monoisotopic (exact) mass is 406 g/mol. The number of hydrogen-bond acceptors (Lipinski definition) is 6. The molecule has 1 saturated heterocycles. The van der Waals surface area contributed by atoms with Gasteiger partial charge in [0.15, 0.2) is 6.10 Å². The van der Waals surface area contributed by atoms with Crippen LogP contribution in [0.3, 0.4) is 0 Å². The van der Waals surface area contributed by atoms with E-state index in [1.54, 1.807) is 0 Å². The average molecular weight is 407 g/mol. The number of aliphatic hydroxyl groups is 3. The van der Waals surface area contributed by atoms with E-state index < -0.39 is 36.6 Å². The maximum atomic E-state index is 10.5. The van der Waals surface area contributed by atoms with Gasteiger partial charge >= 0.3 is 0 Å². The third kappa shape index (κ3) is 5.69. The lowest BCUT2D eigenvalue weighted by Gasteiger charge is -2.41. The summed E-state index contributed by atoms with van der Waals surface area (Å²) in [7, 11) is 0. The molecule has 0 spiro atoms. The van der Waals surface area contributed by atoms with Crippen LogP contribution in [0, 0.1) is 0 Å². The van der Waals surface area contributed by atoms with Crippen molar-refractivity contribution < 1.29 is 24.8 Å². The van der Waals surface area contributed by atoms with E-state index in [1.165, 1.54) is 25.7 Å². The summed E-state index contributed by atoms with van der Waals surface area (Å²) in [5, 5.41) is 34.2. The minimum atomic E-state index is -1.34.